The summed E-state index contributed by atoms with van der Waals surface area (Å²) in [5, 5.41) is 0.618. The molecule has 1 aliphatic rings. The van der Waals surface area contributed by atoms with E-state index < -0.39 is 10.2 Å². The Balaban J connectivity index is 1.90. The van der Waals surface area contributed by atoms with E-state index in [2.05, 4.69) is 9.97 Å². The zero-order chi connectivity index (χ0) is 15.2. The van der Waals surface area contributed by atoms with Gasteiger partial charge < -0.3 is 4.98 Å². The number of imidazole rings is 1. The van der Waals surface area contributed by atoms with Crippen LogP contribution in [0, 0.1) is 0 Å². The smallest absolute Gasteiger partial charge is 0.282 e. The van der Waals surface area contributed by atoms with E-state index in [4.69, 9.17) is 11.6 Å². The van der Waals surface area contributed by atoms with E-state index in [9.17, 15) is 8.42 Å². The molecular formula is C13H17ClN4O2S. The zero-order valence-electron chi connectivity index (χ0n) is 11.9. The normalized spacial score (nSPS) is 18.1. The Bertz CT molecular complexity index is 770. The third-order valence-electron chi connectivity index (χ3n) is 3.91. The van der Waals surface area contributed by atoms with Crippen molar-refractivity contribution in [2.45, 2.75) is 19.4 Å². The predicted octanol–water partition coefficient (Wildman–Crippen LogP) is 2.16. The molecule has 0 amide bonds. The van der Waals surface area contributed by atoms with Gasteiger partial charge in [0.1, 0.15) is 5.82 Å². The molecule has 0 aliphatic carbocycles. The van der Waals surface area contributed by atoms with E-state index in [0.717, 1.165) is 17.5 Å². The lowest BCUT2D eigenvalue weighted by Gasteiger charge is -2.35. The SMILES string of the molecule is CC(c1nc2ccc(Cl)cc2[nH]1)N(C)S(=O)(=O)N1CCC1. The molecule has 1 unspecified atom stereocenters. The van der Waals surface area contributed by atoms with Crippen LogP contribution in [0.2, 0.25) is 5.02 Å². The topological polar surface area (TPSA) is 69.3 Å². The highest BCUT2D eigenvalue weighted by molar-refractivity contribution is 7.86. The maximum Gasteiger partial charge on any atom is 0.282 e. The van der Waals surface area contributed by atoms with Crippen molar-refractivity contribution in [3.8, 4) is 0 Å². The van der Waals surface area contributed by atoms with Crippen molar-refractivity contribution in [1.29, 1.82) is 0 Å². The third kappa shape index (κ3) is 2.55. The Labute approximate surface area is 128 Å². The number of fused-ring (bicyclic) bond motifs is 1. The van der Waals surface area contributed by atoms with Crippen LogP contribution >= 0.6 is 11.6 Å². The molecule has 3 rings (SSSR count). The average Bonchev–Trinajstić information content (AvgIpc) is 2.77. The summed E-state index contributed by atoms with van der Waals surface area (Å²) in [4.78, 5) is 7.60. The number of hydrogen-bond donors (Lipinski definition) is 1. The van der Waals surface area contributed by atoms with Crippen molar-refractivity contribution < 1.29 is 8.42 Å². The van der Waals surface area contributed by atoms with Crippen molar-refractivity contribution in [2.75, 3.05) is 20.1 Å². The standard InChI is InChI=1S/C13H17ClN4O2S/c1-9(17(2)21(19,20)18-6-3-7-18)13-15-11-5-4-10(14)8-12(11)16-13/h4-5,8-9H,3,6-7H2,1-2H3,(H,15,16). The van der Waals surface area contributed by atoms with E-state index >= 15 is 0 Å². The van der Waals surface area contributed by atoms with Crippen LogP contribution in [0.5, 0.6) is 0 Å². The van der Waals surface area contributed by atoms with Gasteiger partial charge in [-0.25, -0.2) is 4.98 Å². The molecule has 21 heavy (non-hydrogen) atoms. The van der Waals surface area contributed by atoms with Crippen LogP contribution < -0.4 is 0 Å². The van der Waals surface area contributed by atoms with Gasteiger partial charge in [0, 0.05) is 25.2 Å². The molecule has 8 heteroatoms. The highest BCUT2D eigenvalue weighted by Gasteiger charge is 2.35. The number of benzene rings is 1. The van der Waals surface area contributed by atoms with Crippen LogP contribution in [0.1, 0.15) is 25.2 Å². The van der Waals surface area contributed by atoms with Gasteiger partial charge in [0.05, 0.1) is 17.1 Å². The van der Waals surface area contributed by atoms with E-state index in [1.54, 1.807) is 19.2 Å². The fourth-order valence-electron chi connectivity index (χ4n) is 2.27. The summed E-state index contributed by atoms with van der Waals surface area (Å²) in [7, 11) is -1.83. The van der Waals surface area contributed by atoms with Gasteiger partial charge in [-0.2, -0.15) is 17.0 Å². The van der Waals surface area contributed by atoms with Crippen LogP contribution in [0.3, 0.4) is 0 Å². The number of aromatic amines is 1. The van der Waals surface area contributed by atoms with Gasteiger partial charge in [-0.1, -0.05) is 11.6 Å². The van der Waals surface area contributed by atoms with Crippen molar-refractivity contribution in [1.82, 2.24) is 18.6 Å². The third-order valence-corrected chi connectivity index (χ3v) is 6.21. The molecule has 0 radical (unpaired) electrons. The monoisotopic (exact) mass is 328 g/mol. The van der Waals surface area contributed by atoms with Crippen LogP contribution in [-0.2, 0) is 10.2 Å². The van der Waals surface area contributed by atoms with Gasteiger partial charge in [0.2, 0.25) is 0 Å². The molecule has 1 fully saturated rings. The fraction of sp³-hybridized carbons (Fsp3) is 0.462. The molecule has 1 N–H and O–H groups in total. The van der Waals surface area contributed by atoms with Gasteiger partial charge in [-0.05, 0) is 31.5 Å². The molecule has 2 heterocycles. The number of hydrogen-bond acceptors (Lipinski definition) is 3. The molecular weight excluding hydrogens is 312 g/mol. The molecule has 1 aromatic carbocycles. The predicted molar refractivity (Wildman–Crippen MR) is 82.4 cm³/mol. The summed E-state index contributed by atoms with van der Waals surface area (Å²) in [5.41, 5.74) is 1.58. The summed E-state index contributed by atoms with van der Waals surface area (Å²) in [6.07, 6.45) is 0.921. The molecule has 0 bridgehead atoms. The molecule has 0 saturated carbocycles. The van der Waals surface area contributed by atoms with Crippen LogP contribution in [0.15, 0.2) is 18.2 Å². The highest BCUT2D eigenvalue weighted by Crippen LogP contribution is 2.26. The van der Waals surface area contributed by atoms with Gasteiger partial charge in [-0.15, -0.1) is 0 Å². The Morgan fingerprint density at radius 1 is 1.43 bits per heavy atom. The van der Waals surface area contributed by atoms with Crippen molar-refractivity contribution in [3.05, 3.63) is 29.0 Å². The summed E-state index contributed by atoms with van der Waals surface area (Å²) >= 11 is 5.95. The summed E-state index contributed by atoms with van der Waals surface area (Å²) < 4.78 is 27.6. The van der Waals surface area contributed by atoms with E-state index in [-0.39, 0.29) is 6.04 Å². The average molecular weight is 329 g/mol. The number of nitrogens with zero attached hydrogens (tertiary/aromatic N) is 3. The second-order valence-electron chi connectivity index (χ2n) is 5.24. The largest absolute Gasteiger partial charge is 0.341 e. The molecule has 1 aromatic heterocycles. The maximum absolute atomic E-state index is 12.4. The minimum atomic E-state index is -3.41. The number of nitrogens with one attached hydrogen (secondary N) is 1. The Morgan fingerprint density at radius 3 is 2.76 bits per heavy atom. The molecule has 1 atom stereocenters. The summed E-state index contributed by atoms with van der Waals surface area (Å²) in [5.74, 6) is 0.610. The molecule has 2 aromatic rings. The Hall–Kier alpha value is -1.15. The second kappa shape index (κ2) is 5.24. The molecule has 114 valence electrons. The lowest BCUT2D eigenvalue weighted by atomic mass is 10.3. The highest BCUT2D eigenvalue weighted by atomic mass is 35.5. The van der Waals surface area contributed by atoms with E-state index in [1.165, 1.54) is 8.61 Å². The van der Waals surface area contributed by atoms with E-state index in [0.29, 0.717) is 23.9 Å². The van der Waals surface area contributed by atoms with Gasteiger partial charge in [-0.3, -0.25) is 0 Å². The number of aromatic nitrogens is 2. The van der Waals surface area contributed by atoms with Gasteiger partial charge in [0.25, 0.3) is 10.2 Å². The van der Waals surface area contributed by atoms with Crippen molar-refractivity contribution >= 4 is 32.8 Å². The van der Waals surface area contributed by atoms with E-state index in [1.807, 2.05) is 13.0 Å². The lowest BCUT2D eigenvalue weighted by molar-refractivity contribution is 0.266. The number of halogens is 1. The summed E-state index contributed by atoms with van der Waals surface area (Å²) in [6, 6.07) is 4.99. The van der Waals surface area contributed by atoms with Gasteiger partial charge in [0.15, 0.2) is 0 Å². The lowest BCUT2D eigenvalue weighted by Crippen LogP contribution is -2.49. The van der Waals surface area contributed by atoms with Gasteiger partial charge >= 0.3 is 0 Å². The first-order valence-electron chi connectivity index (χ1n) is 6.78. The quantitative estimate of drug-likeness (QED) is 0.935. The molecule has 1 aliphatic heterocycles. The molecule has 0 spiro atoms. The van der Waals surface area contributed by atoms with Crippen molar-refractivity contribution in [2.24, 2.45) is 0 Å². The summed E-state index contributed by atoms with van der Waals surface area (Å²) in [6.45, 7) is 3.00. The first kappa shape index (κ1) is 14.8. The van der Waals surface area contributed by atoms with Crippen LogP contribution in [-0.4, -0.2) is 47.1 Å². The van der Waals surface area contributed by atoms with Crippen molar-refractivity contribution in [3.63, 3.8) is 0 Å². The minimum absolute atomic E-state index is 0.373. The maximum atomic E-state index is 12.4. The Kier molecular flexibility index (Phi) is 3.69. The number of H-pyrrole nitrogens is 1. The van der Waals surface area contributed by atoms with Crippen LogP contribution in [0.4, 0.5) is 0 Å². The van der Waals surface area contributed by atoms with Crippen LogP contribution in [0.25, 0.3) is 11.0 Å². The first-order valence-corrected chi connectivity index (χ1v) is 8.55. The zero-order valence-corrected chi connectivity index (χ0v) is 13.4. The second-order valence-corrected chi connectivity index (χ2v) is 7.66. The molecule has 1 saturated heterocycles. The number of rotatable bonds is 4. The molecule has 6 nitrogen and oxygen atoms in total. The Morgan fingerprint density at radius 2 is 2.14 bits per heavy atom. The minimum Gasteiger partial charge on any atom is -0.341 e. The fourth-order valence-corrected chi connectivity index (χ4v) is 4.03. The first-order chi connectivity index (χ1) is 9.89.